The summed E-state index contributed by atoms with van der Waals surface area (Å²) in [6.45, 7) is 2.75. The molecule has 1 heterocycles. The second-order valence-corrected chi connectivity index (χ2v) is 5.42. The van der Waals surface area contributed by atoms with Gasteiger partial charge in [-0.15, -0.1) is 11.6 Å². The largest absolute Gasteiger partial charge is 0.378 e. The third-order valence-corrected chi connectivity index (χ3v) is 4.19. The summed E-state index contributed by atoms with van der Waals surface area (Å²) in [7, 11) is 0. The van der Waals surface area contributed by atoms with Crippen molar-refractivity contribution >= 4 is 23.2 Å². The fourth-order valence-corrected chi connectivity index (χ4v) is 3.02. The summed E-state index contributed by atoms with van der Waals surface area (Å²) in [5.74, 6) is -0.0120. The SMILES string of the molecule is CC1OCCC1C(Cl)Cc1c(F)cccc1Cl. The Labute approximate surface area is 111 Å². The van der Waals surface area contributed by atoms with Crippen LogP contribution in [0.3, 0.4) is 0 Å². The van der Waals surface area contributed by atoms with Crippen molar-refractivity contribution in [3.63, 3.8) is 0 Å². The maximum atomic E-state index is 13.6. The number of halogens is 3. The van der Waals surface area contributed by atoms with Gasteiger partial charge in [0.05, 0.1) is 6.10 Å². The van der Waals surface area contributed by atoms with E-state index in [9.17, 15) is 4.39 Å². The molecule has 3 unspecified atom stereocenters. The molecule has 2 rings (SSSR count). The Morgan fingerprint density at radius 2 is 2.29 bits per heavy atom. The molecule has 0 bridgehead atoms. The zero-order valence-corrected chi connectivity index (χ0v) is 11.1. The number of alkyl halides is 1. The highest BCUT2D eigenvalue weighted by Gasteiger charge is 2.31. The molecule has 17 heavy (non-hydrogen) atoms. The van der Waals surface area contributed by atoms with Gasteiger partial charge in [-0.1, -0.05) is 17.7 Å². The predicted octanol–water partition coefficient (Wildman–Crippen LogP) is 4.05. The van der Waals surface area contributed by atoms with Gasteiger partial charge in [-0.2, -0.15) is 0 Å². The van der Waals surface area contributed by atoms with Gasteiger partial charge in [0.25, 0.3) is 0 Å². The molecule has 1 aliphatic heterocycles. The van der Waals surface area contributed by atoms with Crippen LogP contribution in [0.4, 0.5) is 4.39 Å². The van der Waals surface area contributed by atoms with Crippen molar-refractivity contribution in [1.82, 2.24) is 0 Å². The summed E-state index contributed by atoms with van der Waals surface area (Å²) >= 11 is 12.3. The van der Waals surface area contributed by atoms with E-state index in [4.69, 9.17) is 27.9 Å². The van der Waals surface area contributed by atoms with E-state index >= 15 is 0 Å². The Kier molecular flexibility index (Phi) is 4.29. The Hall–Kier alpha value is -0.310. The molecule has 0 spiro atoms. The summed E-state index contributed by atoms with van der Waals surface area (Å²) in [4.78, 5) is 0. The Morgan fingerprint density at radius 1 is 1.53 bits per heavy atom. The van der Waals surface area contributed by atoms with Gasteiger partial charge in [-0.25, -0.2) is 4.39 Å². The lowest BCUT2D eigenvalue weighted by atomic mass is 9.93. The predicted molar refractivity (Wildman–Crippen MR) is 68.3 cm³/mol. The summed E-state index contributed by atoms with van der Waals surface area (Å²) in [6.07, 6.45) is 1.52. The Balaban J connectivity index is 2.10. The zero-order valence-electron chi connectivity index (χ0n) is 9.63. The highest BCUT2D eigenvalue weighted by atomic mass is 35.5. The number of ether oxygens (including phenoxy) is 1. The molecule has 0 aromatic heterocycles. The molecule has 0 radical (unpaired) electrons. The molecule has 1 aromatic rings. The van der Waals surface area contributed by atoms with E-state index < -0.39 is 0 Å². The minimum Gasteiger partial charge on any atom is -0.378 e. The molecular formula is C13H15Cl2FO. The maximum absolute atomic E-state index is 13.6. The lowest BCUT2D eigenvalue weighted by molar-refractivity contribution is 0.105. The summed E-state index contributed by atoms with van der Waals surface area (Å²) < 4.78 is 19.1. The molecule has 0 aliphatic carbocycles. The van der Waals surface area contributed by atoms with Crippen molar-refractivity contribution < 1.29 is 9.13 Å². The highest BCUT2D eigenvalue weighted by molar-refractivity contribution is 6.31. The average molecular weight is 277 g/mol. The maximum Gasteiger partial charge on any atom is 0.127 e. The van der Waals surface area contributed by atoms with Crippen LogP contribution in [-0.2, 0) is 11.2 Å². The van der Waals surface area contributed by atoms with Crippen molar-refractivity contribution in [2.24, 2.45) is 5.92 Å². The average Bonchev–Trinajstić information content (AvgIpc) is 2.70. The van der Waals surface area contributed by atoms with E-state index in [-0.39, 0.29) is 23.2 Å². The minimum atomic E-state index is -0.283. The Morgan fingerprint density at radius 3 is 2.88 bits per heavy atom. The standard InChI is InChI=1S/C13H15Cl2FO/c1-8-9(5-6-17-8)12(15)7-10-11(14)3-2-4-13(10)16/h2-4,8-9,12H,5-7H2,1H3. The minimum absolute atomic E-state index is 0.137. The molecule has 1 fully saturated rings. The van der Waals surface area contributed by atoms with Crippen molar-refractivity contribution in [2.75, 3.05) is 6.61 Å². The van der Waals surface area contributed by atoms with Crippen LogP contribution < -0.4 is 0 Å². The second-order valence-electron chi connectivity index (χ2n) is 4.45. The lowest BCUT2D eigenvalue weighted by Crippen LogP contribution is -2.24. The third-order valence-electron chi connectivity index (χ3n) is 3.36. The molecule has 0 saturated carbocycles. The van der Waals surface area contributed by atoms with E-state index in [0.717, 1.165) is 13.0 Å². The topological polar surface area (TPSA) is 9.23 Å². The molecule has 1 saturated heterocycles. The molecule has 94 valence electrons. The third kappa shape index (κ3) is 2.93. The fraction of sp³-hybridized carbons (Fsp3) is 0.538. The number of hydrogen-bond donors (Lipinski definition) is 0. The number of hydrogen-bond acceptors (Lipinski definition) is 1. The van der Waals surface area contributed by atoms with Crippen LogP contribution in [-0.4, -0.2) is 18.1 Å². The number of rotatable bonds is 3. The van der Waals surface area contributed by atoms with Crippen molar-refractivity contribution in [3.05, 3.63) is 34.6 Å². The molecule has 1 nitrogen and oxygen atoms in total. The van der Waals surface area contributed by atoms with Gasteiger partial charge in [0.15, 0.2) is 0 Å². The first-order valence-electron chi connectivity index (χ1n) is 5.78. The van der Waals surface area contributed by atoms with Crippen molar-refractivity contribution in [2.45, 2.75) is 31.2 Å². The van der Waals surface area contributed by atoms with Crippen LogP contribution in [0.5, 0.6) is 0 Å². The summed E-state index contributed by atoms with van der Waals surface area (Å²) in [5, 5.41) is 0.309. The van der Waals surface area contributed by atoms with E-state index in [1.165, 1.54) is 6.07 Å². The van der Waals surface area contributed by atoms with E-state index in [2.05, 4.69) is 0 Å². The summed E-state index contributed by atoms with van der Waals surface area (Å²) in [6, 6.07) is 4.71. The molecule has 0 amide bonds. The van der Waals surface area contributed by atoms with Crippen LogP contribution in [0.1, 0.15) is 18.9 Å². The molecule has 3 atom stereocenters. The van der Waals surface area contributed by atoms with Gasteiger partial charge >= 0.3 is 0 Å². The van der Waals surface area contributed by atoms with Crippen LogP contribution in [0.25, 0.3) is 0 Å². The van der Waals surface area contributed by atoms with Crippen LogP contribution in [0.15, 0.2) is 18.2 Å². The van der Waals surface area contributed by atoms with Gasteiger partial charge in [-0.3, -0.25) is 0 Å². The molecule has 1 aromatic carbocycles. The van der Waals surface area contributed by atoms with Crippen LogP contribution in [0.2, 0.25) is 5.02 Å². The molecule has 1 aliphatic rings. The smallest absolute Gasteiger partial charge is 0.127 e. The van der Waals surface area contributed by atoms with Crippen molar-refractivity contribution in [1.29, 1.82) is 0 Å². The summed E-state index contributed by atoms with van der Waals surface area (Å²) in [5.41, 5.74) is 0.508. The van der Waals surface area contributed by atoms with E-state index in [1.807, 2.05) is 6.92 Å². The van der Waals surface area contributed by atoms with Crippen LogP contribution in [0, 0.1) is 11.7 Å². The van der Waals surface area contributed by atoms with Crippen LogP contribution >= 0.6 is 23.2 Å². The molecule has 0 N–H and O–H groups in total. The van der Waals surface area contributed by atoms with Crippen molar-refractivity contribution in [3.8, 4) is 0 Å². The van der Waals surface area contributed by atoms with Gasteiger partial charge in [-0.05, 0) is 31.9 Å². The molecular weight excluding hydrogens is 262 g/mol. The monoisotopic (exact) mass is 276 g/mol. The fourth-order valence-electron chi connectivity index (χ4n) is 2.30. The zero-order chi connectivity index (χ0) is 12.4. The highest BCUT2D eigenvalue weighted by Crippen LogP contribution is 2.31. The molecule has 4 heteroatoms. The quantitative estimate of drug-likeness (QED) is 0.757. The van der Waals surface area contributed by atoms with Gasteiger partial charge in [0, 0.05) is 28.5 Å². The first-order valence-corrected chi connectivity index (χ1v) is 6.59. The lowest BCUT2D eigenvalue weighted by Gasteiger charge is -2.20. The van der Waals surface area contributed by atoms with E-state index in [1.54, 1.807) is 12.1 Å². The first-order chi connectivity index (χ1) is 8.09. The number of benzene rings is 1. The normalized spacial score (nSPS) is 26.1. The van der Waals surface area contributed by atoms with Gasteiger partial charge in [0.2, 0.25) is 0 Å². The second kappa shape index (κ2) is 5.55. The first kappa shape index (κ1) is 13.1. The Bertz CT molecular complexity index is 377. The van der Waals surface area contributed by atoms with E-state index in [0.29, 0.717) is 17.0 Å². The van der Waals surface area contributed by atoms with Gasteiger partial charge in [0.1, 0.15) is 5.82 Å². The van der Waals surface area contributed by atoms with Gasteiger partial charge < -0.3 is 4.74 Å².